The molecule has 29 heavy (non-hydrogen) atoms. The lowest BCUT2D eigenvalue weighted by molar-refractivity contribution is -0.148. The van der Waals surface area contributed by atoms with Gasteiger partial charge in [-0.25, -0.2) is 0 Å². The maximum atomic E-state index is 12.9. The van der Waals surface area contributed by atoms with Crippen molar-refractivity contribution in [3.63, 3.8) is 0 Å². The largest absolute Gasteiger partial charge is 0.451 e. The van der Waals surface area contributed by atoms with Crippen LogP contribution in [-0.2, 0) is 28.9 Å². The number of carbonyl (C=O) groups is 2. The number of carbonyl (C=O) groups excluding carboxylic acids is 2. The van der Waals surface area contributed by atoms with E-state index >= 15 is 0 Å². The second kappa shape index (κ2) is 7.98. The highest BCUT2D eigenvalue weighted by Gasteiger charge is 2.40. The molecule has 1 saturated heterocycles. The van der Waals surface area contributed by atoms with Gasteiger partial charge >= 0.3 is 6.18 Å². The van der Waals surface area contributed by atoms with Crippen molar-refractivity contribution >= 4 is 11.8 Å². The van der Waals surface area contributed by atoms with Gasteiger partial charge in [-0.05, 0) is 18.8 Å². The Labute approximate surface area is 165 Å². The van der Waals surface area contributed by atoms with Gasteiger partial charge in [-0.15, -0.1) is 10.2 Å². The van der Waals surface area contributed by atoms with Crippen molar-refractivity contribution in [1.29, 1.82) is 5.26 Å². The summed E-state index contributed by atoms with van der Waals surface area (Å²) < 4.78 is 39.7. The molecule has 2 N–H and O–H groups in total. The number of fused-ring (bicyclic) bond motifs is 1. The summed E-state index contributed by atoms with van der Waals surface area (Å²) in [5.41, 5.74) is 6.04. The van der Waals surface area contributed by atoms with Crippen LogP contribution in [0.1, 0.15) is 37.8 Å². The number of likely N-dealkylation sites (tertiary alicyclic amines) is 1. The fourth-order valence-corrected chi connectivity index (χ4v) is 3.71. The first-order valence-corrected chi connectivity index (χ1v) is 9.36. The monoisotopic (exact) mass is 413 g/mol. The van der Waals surface area contributed by atoms with Crippen LogP contribution in [0, 0.1) is 17.2 Å². The van der Waals surface area contributed by atoms with Gasteiger partial charge < -0.3 is 20.1 Å². The van der Waals surface area contributed by atoms with E-state index < -0.39 is 30.0 Å². The average Bonchev–Trinajstić information content (AvgIpc) is 3.32. The van der Waals surface area contributed by atoms with Crippen molar-refractivity contribution in [2.75, 3.05) is 13.1 Å². The molecular formula is C17H22F3N7O2. The van der Waals surface area contributed by atoms with Crippen LogP contribution in [0.15, 0.2) is 0 Å². The molecule has 0 aliphatic carbocycles. The van der Waals surface area contributed by atoms with E-state index in [-0.39, 0.29) is 43.7 Å². The molecule has 2 amide bonds. The van der Waals surface area contributed by atoms with E-state index in [9.17, 15) is 22.8 Å². The van der Waals surface area contributed by atoms with E-state index in [2.05, 4.69) is 16.3 Å². The van der Waals surface area contributed by atoms with Gasteiger partial charge in [-0.2, -0.15) is 18.4 Å². The van der Waals surface area contributed by atoms with Gasteiger partial charge in [0.2, 0.25) is 17.6 Å². The Kier molecular flexibility index (Phi) is 5.79. The standard InChI is InChI=1S/C17H22F3N7O2/c1-10(14(22)15(29)26-4-2-3-11(26)8-21)7-13(28)25-5-6-27-12(9-25)23-24-16(27)17(18,19)20/h10-11,14H,2-7,9,22H2,1H3/t10-,11+,14+/m1/s1. The van der Waals surface area contributed by atoms with Crippen LogP contribution in [0.5, 0.6) is 0 Å². The fraction of sp³-hybridized carbons (Fsp3) is 0.706. The number of hydrogen-bond donors (Lipinski definition) is 1. The summed E-state index contributed by atoms with van der Waals surface area (Å²) >= 11 is 0. The van der Waals surface area contributed by atoms with Crippen molar-refractivity contribution in [3.8, 4) is 6.07 Å². The SMILES string of the molecule is C[C@H](CC(=O)N1CCn2c(nnc2C(F)(F)F)C1)[C@H](N)C(=O)N1CCC[C@H]1C#N. The summed E-state index contributed by atoms with van der Waals surface area (Å²) in [6.45, 7) is 2.09. The first-order valence-electron chi connectivity index (χ1n) is 9.36. The number of nitrogens with zero attached hydrogens (tertiary/aromatic N) is 6. The van der Waals surface area contributed by atoms with E-state index in [1.165, 1.54) is 9.80 Å². The molecule has 0 spiro atoms. The lowest BCUT2D eigenvalue weighted by atomic mass is 9.96. The van der Waals surface area contributed by atoms with Crippen molar-refractivity contribution < 1.29 is 22.8 Å². The third-order valence-electron chi connectivity index (χ3n) is 5.44. The Morgan fingerprint density at radius 1 is 1.31 bits per heavy atom. The first-order chi connectivity index (χ1) is 13.6. The Hall–Kier alpha value is -2.68. The maximum Gasteiger partial charge on any atom is 0.451 e. The second-order valence-electron chi connectivity index (χ2n) is 7.43. The van der Waals surface area contributed by atoms with E-state index in [0.29, 0.717) is 13.0 Å². The third-order valence-corrected chi connectivity index (χ3v) is 5.44. The molecule has 0 bridgehead atoms. The summed E-state index contributed by atoms with van der Waals surface area (Å²) in [7, 11) is 0. The van der Waals surface area contributed by atoms with Crippen LogP contribution in [0.3, 0.4) is 0 Å². The Morgan fingerprint density at radius 2 is 2.03 bits per heavy atom. The zero-order valence-electron chi connectivity index (χ0n) is 15.9. The maximum absolute atomic E-state index is 12.9. The third kappa shape index (κ3) is 4.19. The van der Waals surface area contributed by atoms with Gasteiger partial charge in [0.25, 0.3) is 0 Å². The van der Waals surface area contributed by atoms with Crippen molar-refractivity contribution in [3.05, 3.63) is 11.6 Å². The number of rotatable bonds is 4. The molecule has 0 aromatic carbocycles. The van der Waals surface area contributed by atoms with E-state index in [4.69, 9.17) is 11.0 Å². The van der Waals surface area contributed by atoms with Crippen LogP contribution < -0.4 is 5.73 Å². The molecule has 9 nitrogen and oxygen atoms in total. The number of nitrogens with two attached hydrogens (primary N) is 1. The minimum absolute atomic E-state index is 0.0295. The van der Waals surface area contributed by atoms with Crippen LogP contribution in [0.4, 0.5) is 13.2 Å². The van der Waals surface area contributed by atoms with Crippen molar-refractivity contribution in [2.24, 2.45) is 11.7 Å². The van der Waals surface area contributed by atoms with Gasteiger partial charge in [-0.3, -0.25) is 9.59 Å². The second-order valence-corrected chi connectivity index (χ2v) is 7.43. The molecule has 1 fully saturated rings. The highest BCUT2D eigenvalue weighted by Crippen LogP contribution is 2.29. The molecule has 12 heteroatoms. The number of amides is 2. The minimum Gasteiger partial charge on any atom is -0.333 e. The zero-order valence-corrected chi connectivity index (χ0v) is 15.9. The lowest BCUT2D eigenvalue weighted by Crippen LogP contribution is -2.49. The van der Waals surface area contributed by atoms with E-state index in [0.717, 1.165) is 11.0 Å². The minimum atomic E-state index is -4.60. The molecule has 3 rings (SSSR count). The normalized spacial score (nSPS) is 21.4. The lowest BCUT2D eigenvalue weighted by Gasteiger charge is -2.30. The fourth-order valence-electron chi connectivity index (χ4n) is 3.71. The van der Waals surface area contributed by atoms with Gasteiger partial charge in [0.15, 0.2) is 5.82 Å². The molecule has 0 radical (unpaired) electrons. The predicted octanol–water partition coefficient (Wildman–Crippen LogP) is 0.507. The number of alkyl halides is 3. The molecule has 2 aliphatic rings. The van der Waals surface area contributed by atoms with Gasteiger partial charge in [0.05, 0.1) is 18.7 Å². The summed E-state index contributed by atoms with van der Waals surface area (Å²) in [4.78, 5) is 28.0. The summed E-state index contributed by atoms with van der Waals surface area (Å²) in [6, 6.07) is 0.657. The highest BCUT2D eigenvalue weighted by molar-refractivity contribution is 5.84. The van der Waals surface area contributed by atoms with E-state index in [1.54, 1.807) is 6.92 Å². The van der Waals surface area contributed by atoms with Crippen LogP contribution in [0.25, 0.3) is 0 Å². The molecular weight excluding hydrogens is 391 g/mol. The Balaban J connectivity index is 1.60. The molecule has 3 heterocycles. The van der Waals surface area contributed by atoms with Gasteiger partial charge in [-0.1, -0.05) is 6.92 Å². The number of hydrogen-bond acceptors (Lipinski definition) is 6. The smallest absolute Gasteiger partial charge is 0.333 e. The summed E-state index contributed by atoms with van der Waals surface area (Å²) in [5, 5.41) is 15.9. The summed E-state index contributed by atoms with van der Waals surface area (Å²) in [6.07, 6.45) is -3.29. The van der Waals surface area contributed by atoms with Crippen LogP contribution >= 0.6 is 0 Å². The topological polar surface area (TPSA) is 121 Å². The average molecular weight is 413 g/mol. The number of nitriles is 1. The molecule has 0 unspecified atom stereocenters. The number of halogens is 3. The number of aromatic nitrogens is 3. The Bertz CT molecular complexity index is 832. The zero-order chi connectivity index (χ0) is 21.3. The van der Waals surface area contributed by atoms with Gasteiger partial charge in [0.1, 0.15) is 6.04 Å². The van der Waals surface area contributed by atoms with Crippen molar-refractivity contribution in [1.82, 2.24) is 24.6 Å². The highest BCUT2D eigenvalue weighted by atomic mass is 19.4. The molecule has 2 aliphatic heterocycles. The van der Waals surface area contributed by atoms with Crippen LogP contribution in [0.2, 0.25) is 0 Å². The predicted molar refractivity (Wildman–Crippen MR) is 92.5 cm³/mol. The first kappa shape index (κ1) is 21.0. The van der Waals surface area contributed by atoms with Gasteiger partial charge in [0, 0.05) is 26.1 Å². The molecule has 1 aromatic heterocycles. The molecule has 0 saturated carbocycles. The summed E-state index contributed by atoms with van der Waals surface area (Å²) in [5.74, 6) is -2.16. The molecule has 158 valence electrons. The van der Waals surface area contributed by atoms with Crippen LogP contribution in [-0.4, -0.2) is 61.6 Å². The molecule has 3 atom stereocenters. The van der Waals surface area contributed by atoms with E-state index in [1.807, 2.05) is 0 Å². The van der Waals surface area contributed by atoms with Crippen molar-refractivity contribution in [2.45, 2.75) is 57.5 Å². The molecule has 1 aromatic rings. The Morgan fingerprint density at radius 3 is 2.69 bits per heavy atom. The quantitative estimate of drug-likeness (QED) is 0.768.